The van der Waals surface area contributed by atoms with Crippen LogP contribution in [0.1, 0.15) is 10.4 Å². The summed E-state index contributed by atoms with van der Waals surface area (Å²) in [6.07, 6.45) is 0. The molecule has 0 spiro atoms. The van der Waals surface area contributed by atoms with Gasteiger partial charge in [0.05, 0.1) is 7.11 Å². The molecule has 6 nitrogen and oxygen atoms in total. The van der Waals surface area contributed by atoms with Gasteiger partial charge in [0, 0.05) is 37.6 Å². The van der Waals surface area contributed by atoms with E-state index in [0.29, 0.717) is 11.4 Å². The van der Waals surface area contributed by atoms with E-state index in [1.54, 1.807) is 12.1 Å². The Morgan fingerprint density at radius 1 is 1.08 bits per heavy atom. The third-order valence-corrected chi connectivity index (χ3v) is 4.44. The normalized spacial score (nSPS) is 15.0. The first-order valence-corrected chi connectivity index (χ1v) is 8.29. The fourth-order valence-corrected chi connectivity index (χ4v) is 2.93. The molecule has 1 saturated heterocycles. The van der Waals surface area contributed by atoms with Crippen LogP contribution in [-0.2, 0) is 0 Å². The van der Waals surface area contributed by atoms with Crippen molar-refractivity contribution in [3.8, 4) is 11.5 Å². The van der Waals surface area contributed by atoms with E-state index in [0.717, 1.165) is 31.9 Å². The minimum Gasteiger partial charge on any atom is -0.507 e. The van der Waals surface area contributed by atoms with Gasteiger partial charge in [-0.25, -0.2) is 0 Å². The number of nitrogens with one attached hydrogen (secondary N) is 1. The predicted molar refractivity (Wildman–Crippen MR) is 98.8 cm³/mol. The molecule has 1 amide bonds. The Kier molecular flexibility index (Phi) is 5.09. The number of hydrogen-bond acceptors (Lipinski definition) is 5. The van der Waals surface area contributed by atoms with E-state index < -0.39 is 5.91 Å². The molecule has 132 valence electrons. The lowest BCUT2D eigenvalue weighted by Gasteiger charge is -2.34. The smallest absolute Gasteiger partial charge is 0.263 e. The highest BCUT2D eigenvalue weighted by atomic mass is 16.5. The van der Waals surface area contributed by atoms with Crippen LogP contribution in [0.15, 0.2) is 42.5 Å². The molecule has 1 fully saturated rings. The van der Waals surface area contributed by atoms with E-state index in [1.807, 2.05) is 24.3 Å². The summed E-state index contributed by atoms with van der Waals surface area (Å²) in [6.45, 7) is 4.09. The number of phenols is 1. The van der Waals surface area contributed by atoms with Crippen molar-refractivity contribution in [2.45, 2.75) is 0 Å². The average Bonchev–Trinajstić information content (AvgIpc) is 2.62. The first-order chi connectivity index (χ1) is 12.1. The summed E-state index contributed by atoms with van der Waals surface area (Å²) in [5.41, 5.74) is 1.95. The molecule has 25 heavy (non-hydrogen) atoms. The zero-order chi connectivity index (χ0) is 17.8. The Morgan fingerprint density at radius 3 is 2.40 bits per heavy atom. The van der Waals surface area contributed by atoms with Crippen molar-refractivity contribution in [1.29, 1.82) is 0 Å². The second-order valence-corrected chi connectivity index (χ2v) is 6.15. The van der Waals surface area contributed by atoms with Crippen molar-refractivity contribution in [2.75, 3.05) is 50.6 Å². The number of phenolic OH excluding ortho intramolecular Hbond substituents is 1. The number of hydrogen-bond donors (Lipinski definition) is 2. The number of piperazine rings is 1. The lowest BCUT2D eigenvalue weighted by atomic mass is 10.1. The van der Waals surface area contributed by atoms with Crippen LogP contribution in [0.5, 0.6) is 11.5 Å². The standard InChI is InChI=1S/C19H23N3O3/c1-21-10-12-22(13-11-21)15-8-6-14(7-9-15)20-19(24)18-16(23)4-3-5-17(18)25-2/h3-9,23H,10-13H2,1-2H3,(H,20,24). The summed E-state index contributed by atoms with van der Waals surface area (Å²) < 4.78 is 5.16. The Morgan fingerprint density at radius 2 is 1.76 bits per heavy atom. The third kappa shape index (κ3) is 3.85. The Bertz CT molecular complexity index is 738. The number of aromatic hydroxyl groups is 1. The molecule has 0 bridgehead atoms. The fraction of sp³-hybridized carbons (Fsp3) is 0.316. The van der Waals surface area contributed by atoms with E-state index in [1.165, 1.54) is 13.2 Å². The van der Waals surface area contributed by atoms with Gasteiger partial charge >= 0.3 is 0 Å². The number of nitrogens with zero attached hydrogens (tertiary/aromatic N) is 2. The summed E-state index contributed by atoms with van der Waals surface area (Å²) in [5, 5.41) is 12.8. The zero-order valence-electron chi connectivity index (χ0n) is 14.5. The van der Waals surface area contributed by atoms with Crippen molar-refractivity contribution < 1.29 is 14.6 Å². The second-order valence-electron chi connectivity index (χ2n) is 6.15. The molecule has 3 rings (SSSR count). The molecule has 2 N–H and O–H groups in total. The topological polar surface area (TPSA) is 65.0 Å². The number of ether oxygens (including phenoxy) is 1. The lowest BCUT2D eigenvalue weighted by molar-refractivity contribution is 0.102. The van der Waals surface area contributed by atoms with Crippen LogP contribution >= 0.6 is 0 Å². The minimum absolute atomic E-state index is 0.106. The number of methoxy groups -OCH3 is 1. The Hall–Kier alpha value is -2.73. The van der Waals surface area contributed by atoms with E-state index >= 15 is 0 Å². The molecule has 0 aromatic heterocycles. The maximum absolute atomic E-state index is 12.5. The molecule has 0 radical (unpaired) electrons. The predicted octanol–water partition coefficient (Wildman–Crippen LogP) is 2.40. The van der Waals surface area contributed by atoms with Crippen LogP contribution in [0.4, 0.5) is 11.4 Å². The lowest BCUT2D eigenvalue weighted by Crippen LogP contribution is -2.44. The van der Waals surface area contributed by atoms with Gasteiger partial charge in [-0.15, -0.1) is 0 Å². The van der Waals surface area contributed by atoms with Crippen molar-refractivity contribution in [3.63, 3.8) is 0 Å². The average molecular weight is 341 g/mol. The van der Waals surface area contributed by atoms with Crippen LogP contribution in [0.25, 0.3) is 0 Å². The number of rotatable bonds is 4. The number of benzene rings is 2. The highest BCUT2D eigenvalue weighted by Crippen LogP contribution is 2.28. The molecular weight excluding hydrogens is 318 g/mol. The van der Waals surface area contributed by atoms with E-state index in [4.69, 9.17) is 4.74 Å². The molecule has 0 saturated carbocycles. The molecular formula is C19H23N3O3. The molecule has 1 aliphatic rings. The minimum atomic E-state index is -0.401. The van der Waals surface area contributed by atoms with Crippen LogP contribution in [0.3, 0.4) is 0 Å². The van der Waals surface area contributed by atoms with E-state index in [2.05, 4.69) is 22.2 Å². The monoisotopic (exact) mass is 341 g/mol. The van der Waals surface area contributed by atoms with Gasteiger partial charge in [-0.1, -0.05) is 6.07 Å². The van der Waals surface area contributed by atoms with Gasteiger partial charge in [0.15, 0.2) is 0 Å². The summed E-state index contributed by atoms with van der Waals surface area (Å²) in [7, 11) is 3.60. The van der Waals surface area contributed by atoms with Crippen LogP contribution in [0.2, 0.25) is 0 Å². The zero-order valence-corrected chi connectivity index (χ0v) is 14.5. The maximum Gasteiger partial charge on any atom is 0.263 e. The van der Waals surface area contributed by atoms with Gasteiger partial charge in [0.25, 0.3) is 5.91 Å². The molecule has 0 aliphatic carbocycles. The van der Waals surface area contributed by atoms with Gasteiger partial charge in [-0.2, -0.15) is 0 Å². The van der Waals surface area contributed by atoms with Crippen molar-refractivity contribution in [3.05, 3.63) is 48.0 Å². The largest absolute Gasteiger partial charge is 0.507 e. The fourth-order valence-electron chi connectivity index (χ4n) is 2.93. The number of amides is 1. The molecule has 1 heterocycles. The summed E-state index contributed by atoms with van der Waals surface area (Å²) in [4.78, 5) is 17.1. The van der Waals surface area contributed by atoms with Crippen molar-refractivity contribution >= 4 is 17.3 Å². The summed E-state index contributed by atoms with van der Waals surface area (Å²) in [6, 6.07) is 12.5. The quantitative estimate of drug-likeness (QED) is 0.894. The summed E-state index contributed by atoms with van der Waals surface area (Å²) in [5.74, 6) is -0.167. The Labute approximate surface area is 147 Å². The molecule has 6 heteroatoms. The second kappa shape index (κ2) is 7.44. The van der Waals surface area contributed by atoms with Crippen LogP contribution in [-0.4, -0.2) is 56.3 Å². The molecule has 0 atom stereocenters. The number of carbonyl (C=O) groups excluding carboxylic acids is 1. The van der Waals surface area contributed by atoms with Gasteiger partial charge in [0.1, 0.15) is 17.1 Å². The first kappa shape index (κ1) is 17.1. The number of likely N-dealkylation sites (N-methyl/N-ethyl adjacent to an activating group) is 1. The number of anilines is 2. The summed E-state index contributed by atoms with van der Waals surface area (Å²) >= 11 is 0. The van der Waals surface area contributed by atoms with Gasteiger partial charge in [-0.05, 0) is 43.4 Å². The van der Waals surface area contributed by atoms with E-state index in [-0.39, 0.29) is 11.3 Å². The number of carbonyl (C=O) groups is 1. The molecule has 0 unspecified atom stereocenters. The third-order valence-electron chi connectivity index (χ3n) is 4.44. The highest BCUT2D eigenvalue weighted by Gasteiger charge is 2.18. The molecule has 2 aromatic rings. The SMILES string of the molecule is COc1cccc(O)c1C(=O)Nc1ccc(N2CCN(C)CC2)cc1. The van der Waals surface area contributed by atoms with Crippen LogP contribution in [0, 0.1) is 0 Å². The molecule has 1 aliphatic heterocycles. The first-order valence-electron chi connectivity index (χ1n) is 8.29. The van der Waals surface area contributed by atoms with Gasteiger partial charge in [0.2, 0.25) is 0 Å². The van der Waals surface area contributed by atoms with Gasteiger partial charge in [-0.3, -0.25) is 4.79 Å². The van der Waals surface area contributed by atoms with E-state index in [9.17, 15) is 9.90 Å². The van der Waals surface area contributed by atoms with Crippen molar-refractivity contribution in [1.82, 2.24) is 4.90 Å². The van der Waals surface area contributed by atoms with Crippen LogP contribution < -0.4 is 15.0 Å². The Balaban J connectivity index is 1.70. The molecule has 2 aromatic carbocycles. The van der Waals surface area contributed by atoms with Gasteiger partial charge < -0.3 is 25.0 Å². The highest BCUT2D eigenvalue weighted by molar-refractivity contribution is 6.08. The maximum atomic E-state index is 12.5. The van der Waals surface area contributed by atoms with Crippen molar-refractivity contribution in [2.24, 2.45) is 0 Å².